The molecule has 5 aliphatic rings. The molecule has 3 fully saturated rings. The highest BCUT2D eigenvalue weighted by Gasteiger charge is 2.67. The summed E-state index contributed by atoms with van der Waals surface area (Å²) in [6.07, 6.45) is 8.73. The highest BCUT2D eigenvalue weighted by molar-refractivity contribution is 6.06. The second-order valence-electron chi connectivity index (χ2n) is 7.56. The van der Waals surface area contributed by atoms with Crippen LogP contribution in [0.1, 0.15) is 12.0 Å². The second-order valence-corrected chi connectivity index (χ2v) is 7.56. The third-order valence-corrected chi connectivity index (χ3v) is 6.19. The molecule has 1 aromatic carbocycles. The summed E-state index contributed by atoms with van der Waals surface area (Å²) < 4.78 is 5.50. The molecule has 1 heterocycles. The van der Waals surface area contributed by atoms with E-state index < -0.39 is 0 Å². The zero-order valence-electron chi connectivity index (χ0n) is 14.3. The standard InChI is InChI=1S/C21H20N2O3/c1-2-8-26-13-5-3-4-12(9-13)11-22-23-20(24)18-14-6-7-15(17-10-16(14)17)19(18)21(23)25/h2-7,9,11,14-19H,1,8,10H2/b22-11-/t14-,15-,16-,17+,18-,19+/m0/s1. The van der Waals surface area contributed by atoms with Crippen LogP contribution in [0.25, 0.3) is 0 Å². The Labute approximate surface area is 152 Å². The quantitative estimate of drug-likeness (QED) is 0.467. The summed E-state index contributed by atoms with van der Waals surface area (Å²) in [5.41, 5.74) is 0.783. The van der Waals surface area contributed by atoms with Crippen molar-refractivity contribution in [3.05, 3.63) is 54.6 Å². The Kier molecular flexibility index (Phi) is 3.39. The molecular formula is C21H20N2O3. The van der Waals surface area contributed by atoms with Crippen LogP contribution < -0.4 is 4.74 Å². The number of hydrogen-bond acceptors (Lipinski definition) is 4. The minimum Gasteiger partial charge on any atom is -0.490 e. The van der Waals surface area contributed by atoms with Crippen LogP contribution in [0.4, 0.5) is 0 Å². The van der Waals surface area contributed by atoms with Crippen LogP contribution >= 0.6 is 0 Å². The van der Waals surface area contributed by atoms with Gasteiger partial charge in [-0.2, -0.15) is 10.1 Å². The maximum atomic E-state index is 12.9. The summed E-state index contributed by atoms with van der Waals surface area (Å²) in [5.74, 6) is 1.66. The first-order chi connectivity index (χ1) is 12.7. The minimum absolute atomic E-state index is 0.139. The number of hydrogen-bond donors (Lipinski definition) is 0. The van der Waals surface area contributed by atoms with Gasteiger partial charge in [0, 0.05) is 0 Å². The molecule has 1 aliphatic heterocycles. The average molecular weight is 348 g/mol. The molecule has 5 nitrogen and oxygen atoms in total. The molecule has 6 rings (SSSR count). The van der Waals surface area contributed by atoms with Crippen LogP contribution in [0.3, 0.4) is 0 Å². The minimum atomic E-state index is -0.208. The van der Waals surface area contributed by atoms with Crippen molar-refractivity contribution in [3.63, 3.8) is 0 Å². The maximum absolute atomic E-state index is 12.9. The molecule has 2 bridgehead atoms. The summed E-state index contributed by atoms with van der Waals surface area (Å²) in [4.78, 5) is 25.7. The third-order valence-electron chi connectivity index (χ3n) is 6.19. The summed E-state index contributed by atoms with van der Waals surface area (Å²) in [6.45, 7) is 4.05. The molecule has 0 unspecified atom stereocenters. The van der Waals surface area contributed by atoms with Gasteiger partial charge in [0.05, 0.1) is 18.1 Å². The first kappa shape index (κ1) is 15.6. The van der Waals surface area contributed by atoms with Crippen molar-refractivity contribution in [2.45, 2.75) is 6.42 Å². The number of benzene rings is 1. The summed E-state index contributed by atoms with van der Waals surface area (Å²) in [5, 5.41) is 5.34. The molecule has 0 N–H and O–H groups in total. The Balaban J connectivity index is 1.37. The van der Waals surface area contributed by atoms with Crippen LogP contribution in [0.5, 0.6) is 5.75 Å². The fourth-order valence-corrected chi connectivity index (χ4v) is 5.02. The number of hydrazone groups is 1. The van der Waals surface area contributed by atoms with Crippen LogP contribution in [-0.2, 0) is 9.59 Å². The van der Waals surface area contributed by atoms with Gasteiger partial charge in [0.2, 0.25) is 0 Å². The van der Waals surface area contributed by atoms with Gasteiger partial charge in [0.25, 0.3) is 11.8 Å². The zero-order valence-corrected chi connectivity index (χ0v) is 14.3. The Morgan fingerprint density at radius 2 is 1.85 bits per heavy atom. The van der Waals surface area contributed by atoms with Crippen LogP contribution in [0, 0.1) is 35.5 Å². The Morgan fingerprint density at radius 1 is 1.15 bits per heavy atom. The van der Waals surface area contributed by atoms with Gasteiger partial charge < -0.3 is 4.74 Å². The van der Waals surface area contributed by atoms with E-state index >= 15 is 0 Å². The normalized spacial score (nSPS) is 36.4. The first-order valence-corrected chi connectivity index (χ1v) is 9.13. The van der Waals surface area contributed by atoms with Crippen LogP contribution in [-0.4, -0.2) is 29.6 Å². The number of rotatable bonds is 5. The Bertz CT molecular complexity index is 823. The topological polar surface area (TPSA) is 59.0 Å². The molecule has 1 saturated heterocycles. The van der Waals surface area contributed by atoms with E-state index in [-0.39, 0.29) is 35.5 Å². The monoisotopic (exact) mass is 348 g/mol. The molecule has 5 heteroatoms. The molecule has 0 radical (unpaired) electrons. The van der Waals surface area contributed by atoms with E-state index in [1.807, 2.05) is 24.3 Å². The number of carbonyl (C=O) groups is 2. The Hall–Kier alpha value is -2.69. The SMILES string of the molecule is C=CCOc1cccc(/C=N\N2C(=O)[C@@H]3[C@H]4C=C[C@@H]([C@@H]5C[C@H]45)[C@@H]3C2=O)c1. The number of carbonyl (C=O) groups excluding carboxylic acids is 2. The molecule has 26 heavy (non-hydrogen) atoms. The number of ether oxygens (including phenoxy) is 1. The lowest BCUT2D eigenvalue weighted by molar-refractivity contribution is -0.140. The van der Waals surface area contributed by atoms with Crippen molar-refractivity contribution in [1.82, 2.24) is 5.01 Å². The highest BCUT2D eigenvalue weighted by atomic mass is 16.5. The van der Waals surface area contributed by atoms with Gasteiger partial charge in [-0.25, -0.2) is 0 Å². The highest BCUT2D eigenvalue weighted by Crippen LogP contribution is 2.65. The van der Waals surface area contributed by atoms with E-state index in [1.54, 1.807) is 12.3 Å². The van der Waals surface area contributed by atoms with Crippen LogP contribution in [0.2, 0.25) is 0 Å². The van der Waals surface area contributed by atoms with Gasteiger partial charge in [-0.15, -0.1) is 0 Å². The van der Waals surface area contributed by atoms with Gasteiger partial charge >= 0.3 is 0 Å². The number of amides is 2. The molecular weight excluding hydrogens is 328 g/mol. The van der Waals surface area contributed by atoms with Gasteiger partial charge in [0.1, 0.15) is 12.4 Å². The number of nitrogens with zero attached hydrogens (tertiary/aromatic N) is 2. The largest absolute Gasteiger partial charge is 0.490 e. The van der Waals surface area contributed by atoms with Crippen molar-refractivity contribution in [2.24, 2.45) is 40.6 Å². The molecule has 2 amide bonds. The number of allylic oxidation sites excluding steroid dienone is 2. The van der Waals surface area contributed by atoms with E-state index in [2.05, 4.69) is 23.8 Å². The zero-order chi connectivity index (χ0) is 17.8. The lowest BCUT2D eigenvalue weighted by Gasteiger charge is -2.37. The van der Waals surface area contributed by atoms with E-state index in [0.717, 1.165) is 17.0 Å². The average Bonchev–Trinajstić information content (AvgIpc) is 3.44. The van der Waals surface area contributed by atoms with E-state index in [4.69, 9.17) is 4.74 Å². The molecule has 0 spiro atoms. The summed E-state index contributed by atoms with van der Waals surface area (Å²) in [7, 11) is 0. The fourth-order valence-electron chi connectivity index (χ4n) is 5.02. The van der Waals surface area contributed by atoms with Gasteiger partial charge in [-0.05, 0) is 47.8 Å². The van der Waals surface area contributed by atoms with Gasteiger partial charge in [-0.3, -0.25) is 9.59 Å². The van der Waals surface area contributed by atoms with Crippen molar-refractivity contribution < 1.29 is 14.3 Å². The lowest BCUT2D eigenvalue weighted by Crippen LogP contribution is -2.40. The summed E-state index contributed by atoms with van der Waals surface area (Å²) >= 11 is 0. The predicted molar refractivity (Wildman–Crippen MR) is 96.3 cm³/mol. The van der Waals surface area contributed by atoms with Crippen molar-refractivity contribution in [2.75, 3.05) is 6.61 Å². The van der Waals surface area contributed by atoms with E-state index in [1.165, 1.54) is 0 Å². The smallest absolute Gasteiger partial charge is 0.254 e. The molecule has 1 aromatic rings. The van der Waals surface area contributed by atoms with Gasteiger partial charge in [-0.1, -0.05) is 36.9 Å². The molecule has 6 atom stereocenters. The van der Waals surface area contributed by atoms with Crippen molar-refractivity contribution in [3.8, 4) is 5.75 Å². The lowest BCUT2D eigenvalue weighted by atomic mass is 9.63. The van der Waals surface area contributed by atoms with E-state index in [9.17, 15) is 9.59 Å². The summed E-state index contributed by atoms with van der Waals surface area (Å²) in [6, 6.07) is 7.39. The first-order valence-electron chi connectivity index (χ1n) is 9.13. The van der Waals surface area contributed by atoms with Crippen molar-refractivity contribution in [1.29, 1.82) is 0 Å². The predicted octanol–water partition coefficient (Wildman–Crippen LogP) is 2.64. The molecule has 2 saturated carbocycles. The molecule has 4 aliphatic carbocycles. The van der Waals surface area contributed by atoms with E-state index in [0.29, 0.717) is 24.2 Å². The second kappa shape index (κ2) is 5.66. The molecule has 0 aromatic heterocycles. The Morgan fingerprint density at radius 3 is 2.50 bits per heavy atom. The van der Waals surface area contributed by atoms with Crippen LogP contribution in [0.15, 0.2) is 54.2 Å². The van der Waals surface area contributed by atoms with Crippen molar-refractivity contribution >= 4 is 18.0 Å². The maximum Gasteiger partial charge on any atom is 0.254 e. The third kappa shape index (κ3) is 2.19. The fraction of sp³-hybridized carbons (Fsp3) is 0.381. The molecule has 132 valence electrons. The van der Waals surface area contributed by atoms with Gasteiger partial charge in [0.15, 0.2) is 0 Å². The number of imide groups is 1.